The number of oxime groups is 1. The Morgan fingerprint density at radius 2 is 1.88 bits per heavy atom. The Morgan fingerprint density at radius 1 is 1.25 bits per heavy atom. The van der Waals surface area contributed by atoms with E-state index in [0.29, 0.717) is 12.1 Å². The molecular weight excluding hydrogens is 206 g/mol. The molecule has 0 aliphatic carbocycles. The monoisotopic (exact) mass is 223 g/mol. The molecule has 1 N–H and O–H groups in total. The Morgan fingerprint density at radius 3 is 2.38 bits per heavy atom. The first-order valence-corrected chi connectivity index (χ1v) is 5.01. The molecule has 0 aliphatic heterocycles. The Balaban J connectivity index is 3.14. The van der Waals surface area contributed by atoms with Crippen LogP contribution in [0, 0.1) is 6.92 Å². The van der Waals surface area contributed by atoms with Crippen molar-refractivity contribution in [1.82, 2.24) is 0 Å². The average molecular weight is 223 g/mol. The quantitative estimate of drug-likeness (QED) is 0.484. The number of nitrogens with zero attached hydrogens (tertiary/aromatic N) is 1. The fourth-order valence-electron chi connectivity index (χ4n) is 1.56. The minimum atomic E-state index is 0.538. The maximum absolute atomic E-state index is 8.66. The van der Waals surface area contributed by atoms with Crippen molar-refractivity contribution in [3.05, 3.63) is 23.3 Å². The third-order valence-corrected chi connectivity index (χ3v) is 2.41. The SMILES string of the molecule is COc1cc(C/C(C)=N/O)c(OC)cc1C. The Labute approximate surface area is 95.5 Å². The third-order valence-electron chi connectivity index (χ3n) is 2.41. The smallest absolute Gasteiger partial charge is 0.122 e. The van der Waals surface area contributed by atoms with E-state index in [1.165, 1.54) is 0 Å². The van der Waals surface area contributed by atoms with E-state index in [4.69, 9.17) is 14.7 Å². The second kappa shape index (κ2) is 5.39. The Kier molecular flexibility index (Phi) is 4.17. The van der Waals surface area contributed by atoms with Gasteiger partial charge in [0.2, 0.25) is 0 Å². The predicted molar refractivity (Wildman–Crippen MR) is 62.9 cm³/mol. The van der Waals surface area contributed by atoms with Gasteiger partial charge in [0.1, 0.15) is 11.5 Å². The zero-order valence-corrected chi connectivity index (χ0v) is 10.1. The first-order chi connectivity index (χ1) is 7.62. The Bertz CT molecular complexity index is 399. The van der Waals surface area contributed by atoms with Crippen LogP contribution >= 0.6 is 0 Å². The molecule has 0 saturated heterocycles. The molecule has 1 rings (SSSR count). The Hall–Kier alpha value is -1.71. The second-order valence-corrected chi connectivity index (χ2v) is 3.65. The molecular formula is C12H17NO3. The first kappa shape index (κ1) is 12.4. The predicted octanol–water partition coefficient (Wildman–Crippen LogP) is 2.40. The lowest BCUT2D eigenvalue weighted by molar-refractivity contribution is 0.317. The van der Waals surface area contributed by atoms with E-state index < -0.39 is 0 Å². The molecule has 0 fully saturated rings. The summed E-state index contributed by atoms with van der Waals surface area (Å²) in [6, 6.07) is 3.82. The van der Waals surface area contributed by atoms with Crippen LogP contribution in [0.5, 0.6) is 11.5 Å². The van der Waals surface area contributed by atoms with Crippen LogP contribution in [0.25, 0.3) is 0 Å². The van der Waals surface area contributed by atoms with Crippen LogP contribution in [0.3, 0.4) is 0 Å². The summed E-state index contributed by atoms with van der Waals surface area (Å²) in [7, 11) is 3.25. The summed E-state index contributed by atoms with van der Waals surface area (Å²) in [6.07, 6.45) is 0.538. The molecule has 4 nitrogen and oxygen atoms in total. The van der Waals surface area contributed by atoms with Crippen molar-refractivity contribution in [1.29, 1.82) is 0 Å². The standard InChI is InChI=1S/C12H17NO3/c1-8-5-12(16-4)10(6-9(2)13-14)7-11(8)15-3/h5,7,14H,6H2,1-4H3/b13-9+. The van der Waals surface area contributed by atoms with Gasteiger partial charge in [0.05, 0.1) is 19.9 Å². The van der Waals surface area contributed by atoms with Gasteiger partial charge in [0.15, 0.2) is 0 Å². The second-order valence-electron chi connectivity index (χ2n) is 3.65. The summed E-state index contributed by atoms with van der Waals surface area (Å²) < 4.78 is 10.5. The van der Waals surface area contributed by atoms with E-state index in [9.17, 15) is 0 Å². The zero-order chi connectivity index (χ0) is 12.1. The van der Waals surface area contributed by atoms with Crippen LogP contribution in [-0.2, 0) is 6.42 Å². The van der Waals surface area contributed by atoms with E-state index in [0.717, 1.165) is 22.6 Å². The molecule has 0 unspecified atom stereocenters. The van der Waals surface area contributed by atoms with Crippen molar-refractivity contribution in [2.75, 3.05) is 14.2 Å². The van der Waals surface area contributed by atoms with E-state index >= 15 is 0 Å². The molecule has 16 heavy (non-hydrogen) atoms. The van der Waals surface area contributed by atoms with Crippen molar-refractivity contribution < 1.29 is 14.7 Å². The zero-order valence-electron chi connectivity index (χ0n) is 10.1. The number of rotatable bonds is 4. The highest BCUT2D eigenvalue weighted by Gasteiger charge is 2.09. The van der Waals surface area contributed by atoms with Gasteiger partial charge in [0.25, 0.3) is 0 Å². The summed E-state index contributed by atoms with van der Waals surface area (Å²) >= 11 is 0. The summed E-state index contributed by atoms with van der Waals surface area (Å²) in [5, 5.41) is 11.8. The normalized spacial score (nSPS) is 11.4. The van der Waals surface area contributed by atoms with Gasteiger partial charge in [0, 0.05) is 12.0 Å². The van der Waals surface area contributed by atoms with Gasteiger partial charge in [-0.3, -0.25) is 0 Å². The number of methoxy groups -OCH3 is 2. The van der Waals surface area contributed by atoms with Gasteiger partial charge in [-0.2, -0.15) is 0 Å². The van der Waals surface area contributed by atoms with E-state index in [1.54, 1.807) is 21.1 Å². The topological polar surface area (TPSA) is 51.0 Å². The summed E-state index contributed by atoms with van der Waals surface area (Å²) in [4.78, 5) is 0. The summed E-state index contributed by atoms with van der Waals surface area (Å²) in [5.41, 5.74) is 2.59. The lowest BCUT2D eigenvalue weighted by atomic mass is 10.0. The molecule has 0 radical (unpaired) electrons. The number of benzene rings is 1. The molecule has 0 atom stereocenters. The van der Waals surface area contributed by atoms with Crippen molar-refractivity contribution in [2.24, 2.45) is 5.16 Å². The summed E-state index contributed by atoms with van der Waals surface area (Å²) in [5.74, 6) is 1.59. The van der Waals surface area contributed by atoms with Crippen LogP contribution in [0.15, 0.2) is 17.3 Å². The molecule has 88 valence electrons. The molecule has 0 saturated carbocycles. The minimum Gasteiger partial charge on any atom is -0.496 e. The molecule has 1 aromatic carbocycles. The van der Waals surface area contributed by atoms with Crippen LogP contribution in [0.4, 0.5) is 0 Å². The van der Waals surface area contributed by atoms with Crippen LogP contribution in [0.1, 0.15) is 18.1 Å². The highest BCUT2D eigenvalue weighted by Crippen LogP contribution is 2.28. The minimum absolute atomic E-state index is 0.538. The van der Waals surface area contributed by atoms with Gasteiger partial charge in [-0.25, -0.2) is 0 Å². The molecule has 0 aromatic heterocycles. The number of hydrogen-bond acceptors (Lipinski definition) is 4. The van der Waals surface area contributed by atoms with Gasteiger partial charge in [-0.1, -0.05) is 5.16 Å². The van der Waals surface area contributed by atoms with Crippen molar-refractivity contribution in [2.45, 2.75) is 20.3 Å². The van der Waals surface area contributed by atoms with E-state index in [2.05, 4.69) is 5.16 Å². The fourth-order valence-corrected chi connectivity index (χ4v) is 1.56. The molecule has 0 aliphatic rings. The molecule has 0 bridgehead atoms. The molecule has 4 heteroatoms. The third kappa shape index (κ3) is 2.66. The van der Waals surface area contributed by atoms with Crippen LogP contribution in [-0.4, -0.2) is 25.1 Å². The fraction of sp³-hybridized carbons (Fsp3) is 0.417. The maximum Gasteiger partial charge on any atom is 0.122 e. The van der Waals surface area contributed by atoms with E-state index in [1.807, 2.05) is 19.1 Å². The number of ether oxygens (including phenoxy) is 2. The van der Waals surface area contributed by atoms with Gasteiger partial charge < -0.3 is 14.7 Å². The lowest BCUT2D eigenvalue weighted by Crippen LogP contribution is -2.02. The van der Waals surface area contributed by atoms with E-state index in [-0.39, 0.29) is 0 Å². The number of aryl methyl sites for hydroxylation is 1. The largest absolute Gasteiger partial charge is 0.496 e. The van der Waals surface area contributed by atoms with Gasteiger partial charge in [-0.05, 0) is 31.5 Å². The lowest BCUT2D eigenvalue weighted by Gasteiger charge is -2.12. The average Bonchev–Trinajstić information content (AvgIpc) is 2.30. The molecule has 0 spiro atoms. The van der Waals surface area contributed by atoms with Crippen molar-refractivity contribution in [3.63, 3.8) is 0 Å². The number of hydrogen-bond donors (Lipinski definition) is 1. The molecule has 0 amide bonds. The maximum atomic E-state index is 8.66. The summed E-state index contributed by atoms with van der Waals surface area (Å²) in [6.45, 7) is 3.71. The molecule has 0 heterocycles. The highest BCUT2D eigenvalue weighted by molar-refractivity contribution is 5.84. The van der Waals surface area contributed by atoms with Crippen LogP contribution in [0.2, 0.25) is 0 Å². The van der Waals surface area contributed by atoms with Crippen molar-refractivity contribution in [3.8, 4) is 11.5 Å². The molecule has 1 aromatic rings. The van der Waals surface area contributed by atoms with Crippen LogP contribution < -0.4 is 9.47 Å². The highest BCUT2D eigenvalue weighted by atomic mass is 16.5. The van der Waals surface area contributed by atoms with Gasteiger partial charge in [-0.15, -0.1) is 0 Å². The first-order valence-electron chi connectivity index (χ1n) is 5.01. The van der Waals surface area contributed by atoms with Gasteiger partial charge >= 0.3 is 0 Å². The van der Waals surface area contributed by atoms with Crippen molar-refractivity contribution >= 4 is 5.71 Å².